The number of amidine groups is 1. The van der Waals surface area contributed by atoms with Gasteiger partial charge in [-0.15, -0.1) is 0 Å². The highest BCUT2D eigenvalue weighted by molar-refractivity contribution is 6.42. The SMILES string of the molecule is C=C1N=C(C)C(=O)N=C1NC(C)=O. The summed E-state index contributed by atoms with van der Waals surface area (Å²) in [6.07, 6.45) is 0. The van der Waals surface area contributed by atoms with Crippen molar-refractivity contribution in [3.05, 3.63) is 12.3 Å². The predicted molar refractivity (Wildman–Crippen MR) is 48.5 cm³/mol. The average molecular weight is 179 g/mol. The maximum atomic E-state index is 11.0. The van der Waals surface area contributed by atoms with Crippen LogP contribution in [0.25, 0.3) is 0 Å². The summed E-state index contributed by atoms with van der Waals surface area (Å²) in [4.78, 5) is 29.1. The third kappa shape index (κ3) is 2.08. The molecule has 13 heavy (non-hydrogen) atoms. The number of hydrogen-bond acceptors (Lipinski definition) is 3. The van der Waals surface area contributed by atoms with E-state index in [4.69, 9.17) is 0 Å². The van der Waals surface area contributed by atoms with Gasteiger partial charge in [0, 0.05) is 6.92 Å². The summed E-state index contributed by atoms with van der Waals surface area (Å²) in [5.41, 5.74) is 0.575. The molecular formula is C8H9N3O2. The van der Waals surface area contributed by atoms with E-state index in [1.165, 1.54) is 6.92 Å². The first-order chi connectivity index (χ1) is 6.00. The van der Waals surface area contributed by atoms with Crippen LogP contribution in [0.15, 0.2) is 22.3 Å². The number of carbonyl (C=O) groups excluding carboxylic acids is 2. The van der Waals surface area contributed by atoms with Gasteiger partial charge < -0.3 is 5.32 Å². The number of rotatable bonds is 0. The summed E-state index contributed by atoms with van der Waals surface area (Å²) in [7, 11) is 0. The lowest BCUT2D eigenvalue weighted by Crippen LogP contribution is -2.33. The molecule has 0 saturated carbocycles. The molecule has 0 bridgehead atoms. The van der Waals surface area contributed by atoms with Crippen molar-refractivity contribution in [1.29, 1.82) is 0 Å². The number of amides is 2. The van der Waals surface area contributed by atoms with Crippen LogP contribution in [0.4, 0.5) is 0 Å². The van der Waals surface area contributed by atoms with Crippen molar-refractivity contribution >= 4 is 23.4 Å². The topological polar surface area (TPSA) is 70.9 Å². The summed E-state index contributed by atoms with van der Waals surface area (Å²) in [6.45, 7) is 6.42. The highest BCUT2D eigenvalue weighted by atomic mass is 16.2. The van der Waals surface area contributed by atoms with Crippen molar-refractivity contribution in [1.82, 2.24) is 5.32 Å². The van der Waals surface area contributed by atoms with Gasteiger partial charge in [-0.05, 0) is 6.92 Å². The lowest BCUT2D eigenvalue weighted by atomic mass is 10.3. The van der Waals surface area contributed by atoms with Gasteiger partial charge >= 0.3 is 0 Å². The van der Waals surface area contributed by atoms with Gasteiger partial charge in [0.15, 0.2) is 5.84 Å². The first-order valence-electron chi connectivity index (χ1n) is 3.66. The van der Waals surface area contributed by atoms with Crippen molar-refractivity contribution in [2.75, 3.05) is 0 Å². The molecule has 0 aromatic heterocycles. The Morgan fingerprint density at radius 2 is 2.08 bits per heavy atom. The summed E-state index contributed by atoms with van der Waals surface area (Å²) >= 11 is 0. The molecule has 5 heteroatoms. The Hall–Kier alpha value is -1.78. The Bertz CT molecular complexity index is 352. The van der Waals surface area contributed by atoms with Crippen LogP contribution in [-0.2, 0) is 9.59 Å². The normalized spacial score (nSPS) is 16.5. The summed E-state index contributed by atoms with van der Waals surface area (Å²) in [5.74, 6) is -0.623. The average Bonchev–Trinajstić information content (AvgIpc) is 1.99. The molecule has 1 aliphatic rings. The van der Waals surface area contributed by atoms with E-state index in [0.717, 1.165) is 0 Å². The fraction of sp³-hybridized carbons (Fsp3) is 0.250. The minimum atomic E-state index is -0.448. The zero-order chi connectivity index (χ0) is 10.0. The molecule has 1 rings (SSSR count). The zero-order valence-corrected chi connectivity index (χ0v) is 7.42. The fourth-order valence-electron chi connectivity index (χ4n) is 0.817. The molecule has 0 aromatic rings. The highest BCUT2D eigenvalue weighted by Crippen LogP contribution is 2.03. The minimum Gasteiger partial charge on any atom is -0.309 e. The number of nitrogens with zero attached hydrogens (tertiary/aromatic N) is 2. The van der Waals surface area contributed by atoms with Crippen LogP contribution >= 0.6 is 0 Å². The predicted octanol–water partition coefficient (Wildman–Crippen LogP) is 0.0358. The van der Waals surface area contributed by atoms with Gasteiger partial charge in [-0.3, -0.25) is 9.59 Å². The molecule has 68 valence electrons. The Morgan fingerprint density at radius 3 is 2.62 bits per heavy atom. The van der Waals surface area contributed by atoms with Gasteiger partial charge in [-0.2, -0.15) is 4.99 Å². The molecule has 0 saturated heterocycles. The summed E-state index contributed by atoms with van der Waals surface area (Å²) < 4.78 is 0. The van der Waals surface area contributed by atoms with Crippen molar-refractivity contribution < 1.29 is 9.59 Å². The number of hydrogen-bond donors (Lipinski definition) is 1. The van der Waals surface area contributed by atoms with Crippen LogP contribution in [0, 0.1) is 0 Å². The molecule has 1 aliphatic heterocycles. The van der Waals surface area contributed by atoms with Gasteiger partial charge in [0.25, 0.3) is 5.91 Å². The minimum absolute atomic E-state index is 0.128. The zero-order valence-electron chi connectivity index (χ0n) is 7.42. The lowest BCUT2D eigenvalue weighted by Gasteiger charge is -2.10. The molecule has 1 heterocycles. The van der Waals surface area contributed by atoms with Crippen molar-refractivity contribution in [3.63, 3.8) is 0 Å². The molecule has 0 unspecified atom stereocenters. The molecule has 5 nitrogen and oxygen atoms in total. The second-order valence-corrected chi connectivity index (χ2v) is 2.59. The van der Waals surface area contributed by atoms with E-state index in [0.29, 0.717) is 5.70 Å². The van der Waals surface area contributed by atoms with Crippen LogP contribution in [0.2, 0.25) is 0 Å². The van der Waals surface area contributed by atoms with E-state index in [1.807, 2.05) is 0 Å². The van der Waals surface area contributed by atoms with Crippen molar-refractivity contribution in [2.24, 2.45) is 9.98 Å². The molecule has 1 N–H and O–H groups in total. The molecule has 0 aliphatic carbocycles. The Labute approximate surface area is 75.3 Å². The van der Waals surface area contributed by atoms with Gasteiger partial charge in [-0.25, -0.2) is 4.99 Å². The molecule has 0 fully saturated rings. The maximum absolute atomic E-state index is 11.0. The molecule has 2 amide bonds. The standard InChI is InChI=1S/C8H9N3O2/c1-4-7(10-6(3)12)11-8(13)5(2)9-4/h1H2,2-3H3,(H,10,11,12,13). The van der Waals surface area contributed by atoms with Crippen LogP contribution in [0.3, 0.4) is 0 Å². The second-order valence-electron chi connectivity index (χ2n) is 2.59. The number of nitrogens with one attached hydrogen (secondary N) is 1. The lowest BCUT2D eigenvalue weighted by molar-refractivity contribution is -0.117. The van der Waals surface area contributed by atoms with Crippen LogP contribution < -0.4 is 5.32 Å². The third-order valence-corrected chi connectivity index (χ3v) is 1.39. The fourth-order valence-corrected chi connectivity index (χ4v) is 0.817. The van der Waals surface area contributed by atoms with E-state index in [-0.39, 0.29) is 17.5 Å². The van der Waals surface area contributed by atoms with Crippen LogP contribution in [0.5, 0.6) is 0 Å². The van der Waals surface area contributed by atoms with Gasteiger partial charge in [0.05, 0.1) is 5.70 Å². The largest absolute Gasteiger partial charge is 0.309 e. The monoisotopic (exact) mass is 179 g/mol. The van der Waals surface area contributed by atoms with Crippen molar-refractivity contribution in [2.45, 2.75) is 13.8 Å². The Morgan fingerprint density at radius 1 is 1.46 bits per heavy atom. The van der Waals surface area contributed by atoms with Gasteiger partial charge in [0.2, 0.25) is 5.91 Å². The first-order valence-corrected chi connectivity index (χ1v) is 3.66. The Balaban J connectivity index is 2.89. The Kier molecular flexibility index (Phi) is 2.36. The quantitative estimate of drug-likeness (QED) is 0.570. The molecule has 0 aromatic carbocycles. The van der Waals surface area contributed by atoms with E-state index in [9.17, 15) is 9.59 Å². The summed E-state index contributed by atoms with van der Waals surface area (Å²) in [6, 6.07) is 0. The van der Waals surface area contributed by atoms with Crippen LogP contribution in [0.1, 0.15) is 13.8 Å². The number of carbonyl (C=O) groups is 2. The highest BCUT2D eigenvalue weighted by Gasteiger charge is 2.16. The summed E-state index contributed by atoms with van der Waals surface area (Å²) in [5, 5.41) is 2.37. The molecule has 0 radical (unpaired) electrons. The second kappa shape index (κ2) is 3.30. The first kappa shape index (κ1) is 9.31. The van der Waals surface area contributed by atoms with Gasteiger partial charge in [-0.1, -0.05) is 6.58 Å². The van der Waals surface area contributed by atoms with E-state index in [1.54, 1.807) is 6.92 Å². The van der Waals surface area contributed by atoms with E-state index < -0.39 is 5.91 Å². The molecule has 0 atom stereocenters. The van der Waals surface area contributed by atoms with Crippen LogP contribution in [-0.4, -0.2) is 23.4 Å². The van der Waals surface area contributed by atoms with E-state index >= 15 is 0 Å². The van der Waals surface area contributed by atoms with E-state index in [2.05, 4.69) is 21.9 Å². The molecule has 0 spiro atoms. The maximum Gasteiger partial charge on any atom is 0.293 e. The molecular weight excluding hydrogens is 170 g/mol. The smallest absolute Gasteiger partial charge is 0.293 e. The van der Waals surface area contributed by atoms with Crippen molar-refractivity contribution in [3.8, 4) is 0 Å². The van der Waals surface area contributed by atoms with Gasteiger partial charge in [0.1, 0.15) is 5.71 Å². The number of aliphatic imine (C=N–C) groups is 2. The third-order valence-electron chi connectivity index (χ3n) is 1.39.